The first-order chi connectivity index (χ1) is 11.3. The number of fused-ring (bicyclic) bond motifs is 1. The SMILES string of the molecule is O=c1c2ccccc2ncn1Cc1coc(-c2ccccc2)n1. The lowest BCUT2D eigenvalue weighted by Crippen LogP contribution is -2.21. The molecule has 4 rings (SSSR count). The van der Waals surface area contributed by atoms with Crippen LogP contribution in [-0.2, 0) is 6.54 Å². The highest BCUT2D eigenvalue weighted by molar-refractivity contribution is 5.76. The molecule has 0 saturated heterocycles. The largest absolute Gasteiger partial charge is 0.444 e. The summed E-state index contributed by atoms with van der Waals surface area (Å²) in [6.45, 7) is 0.326. The Bertz CT molecular complexity index is 1020. The van der Waals surface area contributed by atoms with Gasteiger partial charge in [0.05, 0.1) is 29.5 Å². The predicted octanol–water partition coefficient (Wildman–Crippen LogP) is 3.10. The maximum Gasteiger partial charge on any atom is 0.261 e. The molecule has 0 aliphatic carbocycles. The van der Waals surface area contributed by atoms with Gasteiger partial charge in [-0.1, -0.05) is 30.3 Å². The first-order valence-corrected chi connectivity index (χ1v) is 7.25. The van der Waals surface area contributed by atoms with Crippen molar-refractivity contribution in [1.29, 1.82) is 0 Å². The number of para-hydroxylation sites is 1. The Hall–Kier alpha value is -3.21. The van der Waals surface area contributed by atoms with E-state index in [1.165, 1.54) is 4.57 Å². The maximum absolute atomic E-state index is 12.5. The van der Waals surface area contributed by atoms with Crippen LogP contribution in [-0.4, -0.2) is 14.5 Å². The van der Waals surface area contributed by atoms with Crippen molar-refractivity contribution in [2.45, 2.75) is 6.54 Å². The summed E-state index contributed by atoms with van der Waals surface area (Å²) in [6, 6.07) is 17.0. The van der Waals surface area contributed by atoms with Gasteiger partial charge >= 0.3 is 0 Å². The minimum absolute atomic E-state index is 0.0835. The quantitative estimate of drug-likeness (QED) is 0.583. The molecular weight excluding hydrogens is 290 g/mol. The molecular formula is C18H13N3O2. The molecule has 5 nitrogen and oxygen atoms in total. The Balaban J connectivity index is 1.68. The fraction of sp³-hybridized carbons (Fsp3) is 0.0556. The Morgan fingerprint density at radius 1 is 1.00 bits per heavy atom. The van der Waals surface area contributed by atoms with Crippen LogP contribution in [0.15, 0.2) is 76.4 Å². The molecule has 0 aliphatic rings. The van der Waals surface area contributed by atoms with Crippen molar-refractivity contribution >= 4 is 10.9 Å². The summed E-state index contributed by atoms with van der Waals surface area (Å²) in [5.74, 6) is 0.544. The van der Waals surface area contributed by atoms with Crippen LogP contribution >= 0.6 is 0 Å². The Labute approximate surface area is 131 Å². The zero-order chi connectivity index (χ0) is 15.6. The molecule has 112 valence electrons. The number of rotatable bonds is 3. The lowest BCUT2D eigenvalue weighted by molar-refractivity contribution is 0.571. The van der Waals surface area contributed by atoms with Gasteiger partial charge in [0.25, 0.3) is 5.56 Å². The third-order valence-corrected chi connectivity index (χ3v) is 3.64. The van der Waals surface area contributed by atoms with Crippen LogP contribution in [0.25, 0.3) is 22.4 Å². The molecule has 5 heteroatoms. The standard InChI is InChI=1S/C18H13N3O2/c22-18-15-8-4-5-9-16(15)19-12-21(18)10-14-11-23-17(20-14)13-6-2-1-3-7-13/h1-9,11-12H,10H2. The van der Waals surface area contributed by atoms with Crippen LogP contribution in [0.3, 0.4) is 0 Å². The van der Waals surface area contributed by atoms with Gasteiger partial charge in [-0.05, 0) is 24.3 Å². The van der Waals surface area contributed by atoms with Gasteiger partial charge in [-0.3, -0.25) is 9.36 Å². The highest BCUT2D eigenvalue weighted by atomic mass is 16.3. The number of oxazole rings is 1. The molecule has 23 heavy (non-hydrogen) atoms. The number of hydrogen-bond donors (Lipinski definition) is 0. The molecule has 2 heterocycles. The van der Waals surface area contributed by atoms with Gasteiger partial charge in [0, 0.05) is 5.56 Å². The minimum Gasteiger partial charge on any atom is -0.444 e. The van der Waals surface area contributed by atoms with E-state index in [-0.39, 0.29) is 5.56 Å². The van der Waals surface area contributed by atoms with E-state index in [1.807, 2.05) is 48.5 Å². The van der Waals surface area contributed by atoms with E-state index < -0.39 is 0 Å². The summed E-state index contributed by atoms with van der Waals surface area (Å²) in [6.07, 6.45) is 3.12. The molecule has 0 bridgehead atoms. The van der Waals surface area contributed by atoms with Crippen molar-refractivity contribution in [3.8, 4) is 11.5 Å². The summed E-state index contributed by atoms with van der Waals surface area (Å²) < 4.78 is 7.04. The maximum atomic E-state index is 12.5. The zero-order valence-corrected chi connectivity index (χ0v) is 12.2. The van der Waals surface area contributed by atoms with Crippen molar-refractivity contribution in [3.63, 3.8) is 0 Å². The average molecular weight is 303 g/mol. The minimum atomic E-state index is -0.0835. The molecule has 0 radical (unpaired) electrons. The monoisotopic (exact) mass is 303 g/mol. The van der Waals surface area contributed by atoms with Gasteiger partial charge in [0.15, 0.2) is 0 Å². The number of benzene rings is 2. The van der Waals surface area contributed by atoms with Crippen LogP contribution in [0.1, 0.15) is 5.69 Å². The summed E-state index contributed by atoms with van der Waals surface area (Å²) in [7, 11) is 0. The van der Waals surface area contributed by atoms with E-state index in [1.54, 1.807) is 18.7 Å². The van der Waals surface area contributed by atoms with Crippen molar-refractivity contribution in [2.75, 3.05) is 0 Å². The van der Waals surface area contributed by atoms with E-state index in [2.05, 4.69) is 9.97 Å². The first-order valence-electron chi connectivity index (χ1n) is 7.25. The van der Waals surface area contributed by atoms with Crippen molar-refractivity contribution in [1.82, 2.24) is 14.5 Å². The van der Waals surface area contributed by atoms with Crippen LogP contribution in [0, 0.1) is 0 Å². The molecule has 0 N–H and O–H groups in total. The molecule has 2 aromatic carbocycles. The fourth-order valence-electron chi connectivity index (χ4n) is 2.49. The van der Waals surface area contributed by atoms with E-state index in [0.29, 0.717) is 29.0 Å². The average Bonchev–Trinajstić information content (AvgIpc) is 3.07. The smallest absolute Gasteiger partial charge is 0.261 e. The Morgan fingerprint density at radius 2 is 1.78 bits per heavy atom. The number of aromatic nitrogens is 3. The van der Waals surface area contributed by atoms with Gasteiger partial charge in [0.2, 0.25) is 5.89 Å². The highest BCUT2D eigenvalue weighted by Crippen LogP contribution is 2.18. The van der Waals surface area contributed by atoms with Crippen molar-refractivity contribution < 1.29 is 4.42 Å². The summed E-state index contributed by atoms with van der Waals surface area (Å²) in [5, 5.41) is 0.599. The normalized spacial score (nSPS) is 11.0. The summed E-state index contributed by atoms with van der Waals surface area (Å²) in [4.78, 5) is 21.2. The lowest BCUT2D eigenvalue weighted by atomic mass is 10.2. The summed E-state index contributed by atoms with van der Waals surface area (Å²) in [5.41, 5.74) is 2.20. The van der Waals surface area contributed by atoms with Crippen molar-refractivity contribution in [2.24, 2.45) is 0 Å². The van der Waals surface area contributed by atoms with Gasteiger partial charge in [0.1, 0.15) is 6.26 Å². The van der Waals surface area contributed by atoms with Gasteiger partial charge in [-0.2, -0.15) is 0 Å². The summed E-state index contributed by atoms with van der Waals surface area (Å²) >= 11 is 0. The van der Waals surface area contributed by atoms with Crippen LogP contribution in [0.5, 0.6) is 0 Å². The topological polar surface area (TPSA) is 60.9 Å². The molecule has 0 amide bonds. The van der Waals surface area contributed by atoms with E-state index in [4.69, 9.17) is 4.42 Å². The molecule has 0 atom stereocenters. The van der Waals surface area contributed by atoms with Crippen LogP contribution in [0.4, 0.5) is 0 Å². The third-order valence-electron chi connectivity index (χ3n) is 3.64. The van der Waals surface area contributed by atoms with Gasteiger partial charge < -0.3 is 4.42 Å². The van der Waals surface area contributed by atoms with E-state index >= 15 is 0 Å². The zero-order valence-electron chi connectivity index (χ0n) is 12.2. The van der Waals surface area contributed by atoms with Crippen LogP contribution < -0.4 is 5.56 Å². The number of hydrogen-bond acceptors (Lipinski definition) is 4. The Morgan fingerprint density at radius 3 is 2.65 bits per heavy atom. The second-order valence-electron chi connectivity index (χ2n) is 5.20. The van der Waals surface area contributed by atoms with Crippen molar-refractivity contribution in [3.05, 3.63) is 83.2 Å². The molecule has 0 saturated carbocycles. The Kier molecular flexibility index (Phi) is 3.24. The molecule has 4 aromatic rings. The second-order valence-corrected chi connectivity index (χ2v) is 5.20. The first kappa shape index (κ1) is 13.5. The fourth-order valence-corrected chi connectivity index (χ4v) is 2.49. The highest BCUT2D eigenvalue weighted by Gasteiger charge is 2.09. The number of nitrogens with zero attached hydrogens (tertiary/aromatic N) is 3. The third kappa shape index (κ3) is 2.53. The van der Waals surface area contributed by atoms with E-state index in [9.17, 15) is 4.79 Å². The lowest BCUT2D eigenvalue weighted by Gasteiger charge is -2.03. The second kappa shape index (κ2) is 5.53. The van der Waals surface area contributed by atoms with E-state index in [0.717, 1.165) is 5.56 Å². The molecule has 2 aromatic heterocycles. The van der Waals surface area contributed by atoms with Gasteiger partial charge in [-0.25, -0.2) is 9.97 Å². The molecule has 0 unspecified atom stereocenters. The molecule has 0 aliphatic heterocycles. The van der Waals surface area contributed by atoms with Gasteiger partial charge in [-0.15, -0.1) is 0 Å². The molecule has 0 spiro atoms. The molecule has 0 fully saturated rings. The predicted molar refractivity (Wildman–Crippen MR) is 87.0 cm³/mol. The van der Waals surface area contributed by atoms with Crippen LogP contribution in [0.2, 0.25) is 0 Å².